The number of methoxy groups -OCH3 is 1. The topological polar surface area (TPSA) is 26.3 Å². The van der Waals surface area contributed by atoms with Crippen molar-refractivity contribution in [2.24, 2.45) is 5.92 Å². The number of ketones is 1. The van der Waals surface area contributed by atoms with Crippen LogP contribution < -0.4 is 4.74 Å². The Kier molecular flexibility index (Phi) is 5.57. The third-order valence-corrected chi connectivity index (χ3v) is 4.21. The van der Waals surface area contributed by atoms with Gasteiger partial charge in [0.15, 0.2) is 11.6 Å². The average Bonchev–Trinajstić information content (AvgIpc) is 2.48. The van der Waals surface area contributed by atoms with E-state index in [1.54, 1.807) is 18.2 Å². The van der Waals surface area contributed by atoms with Gasteiger partial charge in [-0.15, -0.1) is 0 Å². The van der Waals surface area contributed by atoms with Gasteiger partial charge in [0, 0.05) is 12.8 Å². The largest absolute Gasteiger partial charge is 0.494 e. The van der Waals surface area contributed by atoms with E-state index >= 15 is 0 Å². The van der Waals surface area contributed by atoms with Gasteiger partial charge in [0.2, 0.25) is 0 Å². The highest BCUT2D eigenvalue weighted by atomic mass is 19.1. The maximum absolute atomic E-state index is 14.0. The summed E-state index contributed by atoms with van der Waals surface area (Å²) >= 11 is 0. The first-order valence-electron chi connectivity index (χ1n) is 7.53. The van der Waals surface area contributed by atoms with Crippen LogP contribution in [0, 0.1) is 11.7 Å². The van der Waals surface area contributed by atoms with Crippen LogP contribution in [0.2, 0.25) is 0 Å². The Hall–Kier alpha value is -1.38. The van der Waals surface area contributed by atoms with Gasteiger partial charge in [0.1, 0.15) is 5.78 Å². The highest BCUT2D eigenvalue weighted by Gasteiger charge is 2.16. The lowest BCUT2D eigenvalue weighted by Crippen LogP contribution is -2.11. The molecule has 0 atom stereocenters. The highest BCUT2D eigenvalue weighted by molar-refractivity contribution is 5.81. The number of benzene rings is 1. The second-order valence-electron chi connectivity index (χ2n) is 5.69. The molecule has 1 aromatic carbocycles. The Morgan fingerprint density at radius 3 is 2.75 bits per heavy atom. The molecule has 3 heteroatoms. The highest BCUT2D eigenvalue weighted by Crippen LogP contribution is 2.28. The van der Waals surface area contributed by atoms with Crippen molar-refractivity contribution in [3.8, 4) is 5.75 Å². The molecule has 0 radical (unpaired) electrons. The molecule has 2 rings (SSSR count). The molecule has 0 heterocycles. The van der Waals surface area contributed by atoms with E-state index in [2.05, 4.69) is 0 Å². The lowest BCUT2D eigenvalue weighted by atomic mass is 9.85. The van der Waals surface area contributed by atoms with Crippen LogP contribution in [0.25, 0.3) is 0 Å². The van der Waals surface area contributed by atoms with Crippen LogP contribution in [0.15, 0.2) is 18.2 Å². The number of ether oxygens (including phenoxy) is 1. The van der Waals surface area contributed by atoms with Gasteiger partial charge < -0.3 is 4.74 Å². The van der Waals surface area contributed by atoms with Gasteiger partial charge in [-0.3, -0.25) is 4.79 Å². The fraction of sp³-hybridized carbons (Fsp3) is 0.588. The Morgan fingerprint density at radius 1 is 1.30 bits per heavy atom. The van der Waals surface area contributed by atoms with Gasteiger partial charge in [0.25, 0.3) is 0 Å². The first-order chi connectivity index (χ1) is 9.70. The summed E-state index contributed by atoms with van der Waals surface area (Å²) in [4.78, 5) is 12.0. The second-order valence-corrected chi connectivity index (χ2v) is 5.69. The maximum Gasteiger partial charge on any atom is 0.168 e. The summed E-state index contributed by atoms with van der Waals surface area (Å²) < 4.78 is 18.9. The Labute approximate surface area is 120 Å². The quantitative estimate of drug-likeness (QED) is 0.775. The lowest BCUT2D eigenvalue weighted by Gasteiger charge is -2.20. The molecule has 1 saturated carbocycles. The van der Waals surface area contributed by atoms with Crippen LogP contribution in [-0.4, -0.2) is 12.9 Å². The van der Waals surface area contributed by atoms with Crippen LogP contribution in [0.4, 0.5) is 4.39 Å². The lowest BCUT2D eigenvalue weighted by molar-refractivity contribution is -0.118. The van der Waals surface area contributed by atoms with E-state index in [0.29, 0.717) is 17.9 Å². The number of halogens is 1. The van der Waals surface area contributed by atoms with Crippen LogP contribution in [0.1, 0.15) is 50.5 Å². The van der Waals surface area contributed by atoms with Crippen LogP contribution >= 0.6 is 0 Å². The molecule has 110 valence electrons. The summed E-state index contributed by atoms with van der Waals surface area (Å²) in [6, 6.07) is 4.97. The number of carbonyl (C=O) groups excluding carboxylic acids is 1. The molecule has 1 aliphatic carbocycles. The van der Waals surface area contributed by atoms with Crippen LogP contribution in [-0.2, 0) is 11.2 Å². The summed E-state index contributed by atoms with van der Waals surface area (Å²) in [7, 11) is 1.44. The van der Waals surface area contributed by atoms with Gasteiger partial charge in [-0.1, -0.05) is 44.2 Å². The van der Waals surface area contributed by atoms with Crippen LogP contribution in [0.5, 0.6) is 5.75 Å². The first kappa shape index (κ1) is 15.0. The molecule has 0 spiro atoms. The minimum Gasteiger partial charge on any atom is -0.494 e. The number of Topliss-reactive ketones (excluding diaryl/α,β-unsaturated/α-hetero) is 1. The van der Waals surface area contributed by atoms with Gasteiger partial charge >= 0.3 is 0 Å². The van der Waals surface area contributed by atoms with Crippen molar-refractivity contribution in [1.82, 2.24) is 0 Å². The molecule has 0 aromatic heterocycles. The monoisotopic (exact) mass is 278 g/mol. The summed E-state index contributed by atoms with van der Waals surface area (Å²) in [5.74, 6) is 0.633. The van der Waals surface area contributed by atoms with Gasteiger partial charge in [0.05, 0.1) is 7.11 Å². The number of hydrogen-bond acceptors (Lipinski definition) is 2. The average molecular weight is 278 g/mol. The van der Waals surface area contributed by atoms with Crippen molar-refractivity contribution < 1.29 is 13.9 Å². The number of carbonyl (C=O) groups is 1. The fourth-order valence-corrected chi connectivity index (χ4v) is 2.99. The van der Waals surface area contributed by atoms with E-state index in [9.17, 15) is 9.18 Å². The summed E-state index contributed by atoms with van der Waals surface area (Å²) in [6.45, 7) is 0. The Balaban J connectivity index is 1.84. The number of rotatable bonds is 6. The molecular formula is C17H23FO2. The molecule has 0 unspecified atom stereocenters. The van der Waals surface area contributed by atoms with E-state index in [4.69, 9.17) is 4.74 Å². The Bertz CT molecular complexity index is 450. The zero-order valence-corrected chi connectivity index (χ0v) is 12.2. The molecule has 0 amide bonds. The van der Waals surface area contributed by atoms with Crippen molar-refractivity contribution in [1.29, 1.82) is 0 Å². The van der Waals surface area contributed by atoms with Gasteiger partial charge in [-0.25, -0.2) is 4.39 Å². The van der Waals surface area contributed by atoms with Crippen LogP contribution in [0.3, 0.4) is 0 Å². The molecule has 0 saturated heterocycles. The fourth-order valence-electron chi connectivity index (χ4n) is 2.99. The van der Waals surface area contributed by atoms with Gasteiger partial charge in [-0.2, -0.15) is 0 Å². The summed E-state index contributed by atoms with van der Waals surface area (Å²) in [5.41, 5.74) is 0.443. The molecular weight excluding hydrogens is 255 g/mol. The predicted molar refractivity (Wildman–Crippen MR) is 77.5 cm³/mol. The molecule has 20 heavy (non-hydrogen) atoms. The summed E-state index contributed by atoms with van der Waals surface area (Å²) in [5, 5.41) is 0. The molecule has 1 aliphatic rings. The van der Waals surface area contributed by atoms with Gasteiger partial charge in [-0.05, 0) is 24.0 Å². The normalized spacial score (nSPS) is 16.1. The van der Waals surface area contributed by atoms with Crippen molar-refractivity contribution in [3.05, 3.63) is 29.6 Å². The SMILES string of the molecule is COc1cccc(CC(=O)CCC2CCCCC2)c1F. The van der Waals surface area contributed by atoms with E-state index in [1.807, 2.05) is 0 Å². The minimum atomic E-state index is -0.402. The minimum absolute atomic E-state index is 0.128. The molecule has 1 fully saturated rings. The Morgan fingerprint density at radius 2 is 2.05 bits per heavy atom. The zero-order chi connectivity index (χ0) is 14.4. The first-order valence-corrected chi connectivity index (χ1v) is 7.53. The third kappa shape index (κ3) is 4.06. The second kappa shape index (κ2) is 7.41. The smallest absolute Gasteiger partial charge is 0.168 e. The van der Waals surface area contributed by atoms with Crippen molar-refractivity contribution in [2.45, 2.75) is 51.4 Å². The van der Waals surface area contributed by atoms with E-state index in [0.717, 1.165) is 6.42 Å². The maximum atomic E-state index is 14.0. The van der Waals surface area contributed by atoms with E-state index < -0.39 is 5.82 Å². The summed E-state index contributed by atoms with van der Waals surface area (Å²) in [6.07, 6.45) is 8.13. The standard InChI is InChI=1S/C17H23FO2/c1-20-16-9-5-8-14(17(16)18)12-15(19)11-10-13-6-3-2-4-7-13/h5,8-9,13H,2-4,6-7,10-12H2,1H3. The van der Waals surface area contributed by atoms with E-state index in [-0.39, 0.29) is 18.0 Å². The molecule has 1 aromatic rings. The molecule has 0 aliphatic heterocycles. The van der Waals surface area contributed by atoms with Crippen molar-refractivity contribution in [3.63, 3.8) is 0 Å². The number of hydrogen-bond donors (Lipinski definition) is 0. The molecule has 2 nitrogen and oxygen atoms in total. The third-order valence-electron chi connectivity index (χ3n) is 4.21. The zero-order valence-electron chi connectivity index (χ0n) is 12.2. The molecule has 0 bridgehead atoms. The van der Waals surface area contributed by atoms with Crippen molar-refractivity contribution >= 4 is 5.78 Å². The van der Waals surface area contributed by atoms with E-state index in [1.165, 1.54) is 39.2 Å². The predicted octanol–water partition coefficient (Wildman–Crippen LogP) is 4.31. The van der Waals surface area contributed by atoms with Crippen molar-refractivity contribution in [2.75, 3.05) is 7.11 Å². The molecule has 0 N–H and O–H groups in total.